The van der Waals surface area contributed by atoms with Gasteiger partial charge in [-0.25, -0.2) is 4.79 Å². The molecular weight excluding hydrogens is 326 g/mol. The van der Waals surface area contributed by atoms with E-state index in [0.717, 1.165) is 41.0 Å². The summed E-state index contributed by atoms with van der Waals surface area (Å²) < 4.78 is 5.14. The van der Waals surface area contributed by atoms with Crippen LogP contribution in [0.5, 0.6) is 5.75 Å². The van der Waals surface area contributed by atoms with Gasteiger partial charge in [-0.2, -0.15) is 0 Å². The zero-order valence-electron chi connectivity index (χ0n) is 15.5. The second-order valence-electron chi connectivity index (χ2n) is 6.15. The van der Waals surface area contributed by atoms with Crippen molar-refractivity contribution >= 4 is 23.9 Å². The number of aryl methyl sites for hydroxylation is 1. The highest BCUT2D eigenvalue weighted by Gasteiger charge is 2.08. The Morgan fingerprint density at radius 3 is 2.50 bits per heavy atom. The zero-order valence-corrected chi connectivity index (χ0v) is 15.5. The van der Waals surface area contributed by atoms with Gasteiger partial charge in [0.2, 0.25) is 0 Å². The monoisotopic (exact) mass is 351 g/mol. The maximum absolute atomic E-state index is 11.4. The lowest BCUT2D eigenvalue weighted by atomic mass is 10.0. The largest absolute Gasteiger partial charge is 0.497 e. The van der Waals surface area contributed by atoms with E-state index in [-0.39, 0.29) is 0 Å². The summed E-state index contributed by atoms with van der Waals surface area (Å²) in [6.07, 6.45) is 6.00. The fourth-order valence-corrected chi connectivity index (χ4v) is 2.54. The Labute approximate surface area is 154 Å². The number of methoxy groups -OCH3 is 1. The minimum absolute atomic E-state index is 0.449. The molecule has 0 spiro atoms. The lowest BCUT2D eigenvalue weighted by Crippen LogP contribution is -2.00. The molecule has 0 saturated heterocycles. The number of hydrogen-bond acceptors (Lipinski definition) is 3. The van der Waals surface area contributed by atoms with Crippen molar-refractivity contribution in [1.82, 2.24) is 0 Å². The molecule has 0 amide bonds. The van der Waals surface area contributed by atoms with Crippen molar-refractivity contribution in [1.29, 1.82) is 0 Å². The van der Waals surface area contributed by atoms with Crippen molar-refractivity contribution < 1.29 is 14.6 Å². The standard InChI is InChI=1S/C22H25NO3/c1-4-5-6-19(22(24)25)14-18-9-10-20(13-16(18)2)23-15-17-7-11-21(26-3)12-8-17/h7-15H,4-6H2,1-3H3,(H,24,25). The maximum atomic E-state index is 11.4. The first kappa shape index (κ1) is 19.4. The molecule has 0 radical (unpaired) electrons. The molecule has 26 heavy (non-hydrogen) atoms. The topological polar surface area (TPSA) is 58.9 Å². The fraction of sp³-hybridized carbons (Fsp3) is 0.273. The molecule has 4 nitrogen and oxygen atoms in total. The highest BCUT2D eigenvalue weighted by molar-refractivity contribution is 5.92. The summed E-state index contributed by atoms with van der Waals surface area (Å²) >= 11 is 0. The van der Waals surface area contributed by atoms with Gasteiger partial charge >= 0.3 is 5.97 Å². The van der Waals surface area contributed by atoms with Gasteiger partial charge in [-0.1, -0.05) is 19.4 Å². The molecule has 0 heterocycles. The Morgan fingerprint density at radius 1 is 1.19 bits per heavy atom. The van der Waals surface area contributed by atoms with Crippen LogP contribution in [0.3, 0.4) is 0 Å². The Bertz CT molecular complexity index is 805. The quantitative estimate of drug-likeness (QED) is 0.511. The van der Waals surface area contributed by atoms with Gasteiger partial charge in [0.15, 0.2) is 0 Å². The molecule has 0 aromatic heterocycles. The minimum Gasteiger partial charge on any atom is -0.497 e. The number of aliphatic carboxylic acids is 1. The van der Waals surface area contributed by atoms with Gasteiger partial charge in [-0.05, 0) is 78.9 Å². The highest BCUT2D eigenvalue weighted by atomic mass is 16.5. The first-order valence-corrected chi connectivity index (χ1v) is 8.76. The predicted octanol–water partition coefficient (Wildman–Crippen LogP) is 5.41. The van der Waals surface area contributed by atoms with Crippen LogP contribution in [0, 0.1) is 6.92 Å². The van der Waals surface area contributed by atoms with Crippen molar-refractivity contribution in [3.63, 3.8) is 0 Å². The first-order chi connectivity index (χ1) is 12.5. The van der Waals surface area contributed by atoms with Gasteiger partial charge < -0.3 is 9.84 Å². The van der Waals surface area contributed by atoms with Crippen LogP contribution in [0.15, 0.2) is 53.0 Å². The van der Waals surface area contributed by atoms with Gasteiger partial charge in [0.1, 0.15) is 5.75 Å². The van der Waals surface area contributed by atoms with E-state index in [4.69, 9.17) is 4.74 Å². The van der Waals surface area contributed by atoms with E-state index >= 15 is 0 Å². The van der Waals surface area contributed by atoms with Gasteiger partial charge in [-0.15, -0.1) is 0 Å². The summed E-state index contributed by atoms with van der Waals surface area (Å²) in [4.78, 5) is 15.9. The van der Waals surface area contributed by atoms with E-state index < -0.39 is 5.97 Å². The number of aliphatic imine (C=N–C) groups is 1. The molecule has 1 N–H and O–H groups in total. The Kier molecular flexibility index (Phi) is 7.15. The van der Waals surface area contributed by atoms with Crippen LogP contribution < -0.4 is 4.74 Å². The predicted molar refractivity (Wildman–Crippen MR) is 107 cm³/mol. The summed E-state index contributed by atoms with van der Waals surface area (Å²) in [5, 5.41) is 9.35. The average molecular weight is 351 g/mol. The highest BCUT2D eigenvalue weighted by Crippen LogP contribution is 2.22. The first-order valence-electron chi connectivity index (χ1n) is 8.76. The van der Waals surface area contributed by atoms with Crippen LogP contribution in [0.2, 0.25) is 0 Å². The average Bonchev–Trinajstić information content (AvgIpc) is 2.65. The van der Waals surface area contributed by atoms with Gasteiger partial charge in [0.25, 0.3) is 0 Å². The second kappa shape index (κ2) is 9.56. The minimum atomic E-state index is -0.848. The van der Waals surface area contributed by atoms with E-state index in [1.807, 2.05) is 49.4 Å². The summed E-state index contributed by atoms with van der Waals surface area (Å²) in [5.74, 6) is -0.0362. The Morgan fingerprint density at radius 2 is 1.92 bits per heavy atom. The van der Waals surface area contributed by atoms with Crippen molar-refractivity contribution in [3.05, 3.63) is 64.7 Å². The summed E-state index contributed by atoms with van der Waals surface area (Å²) in [5.41, 5.74) is 4.19. The number of rotatable bonds is 8. The van der Waals surface area contributed by atoms with Crippen molar-refractivity contribution in [3.8, 4) is 5.75 Å². The van der Waals surface area contributed by atoms with E-state index in [0.29, 0.717) is 12.0 Å². The normalized spacial score (nSPS) is 11.7. The van der Waals surface area contributed by atoms with Crippen LogP contribution in [0.1, 0.15) is 42.9 Å². The Hall–Kier alpha value is -2.88. The molecule has 0 bridgehead atoms. The molecule has 0 aliphatic carbocycles. The molecule has 2 aromatic carbocycles. The number of carbonyl (C=O) groups is 1. The third-order valence-electron chi connectivity index (χ3n) is 4.14. The number of carboxylic acids is 1. The molecule has 0 unspecified atom stereocenters. The van der Waals surface area contributed by atoms with Gasteiger partial charge in [-0.3, -0.25) is 4.99 Å². The maximum Gasteiger partial charge on any atom is 0.331 e. The summed E-state index contributed by atoms with van der Waals surface area (Å²) in [7, 11) is 1.64. The van der Waals surface area contributed by atoms with E-state index in [1.54, 1.807) is 19.4 Å². The van der Waals surface area contributed by atoms with Crippen LogP contribution >= 0.6 is 0 Å². The summed E-state index contributed by atoms with van der Waals surface area (Å²) in [6.45, 7) is 4.03. The van der Waals surface area contributed by atoms with Crippen LogP contribution in [-0.2, 0) is 4.79 Å². The molecule has 136 valence electrons. The van der Waals surface area contributed by atoms with Crippen LogP contribution in [0.4, 0.5) is 5.69 Å². The fourth-order valence-electron chi connectivity index (χ4n) is 2.54. The SMILES string of the molecule is CCCCC(=Cc1ccc(N=Cc2ccc(OC)cc2)cc1C)C(=O)O. The van der Waals surface area contributed by atoms with Crippen molar-refractivity contribution in [2.24, 2.45) is 4.99 Å². The molecule has 0 saturated carbocycles. The molecule has 0 fully saturated rings. The summed E-state index contributed by atoms with van der Waals surface area (Å²) in [6, 6.07) is 13.5. The third-order valence-corrected chi connectivity index (χ3v) is 4.14. The second-order valence-corrected chi connectivity index (χ2v) is 6.15. The van der Waals surface area contributed by atoms with Gasteiger partial charge in [0.05, 0.1) is 12.8 Å². The molecular formula is C22H25NO3. The van der Waals surface area contributed by atoms with Crippen LogP contribution in [0.25, 0.3) is 6.08 Å². The van der Waals surface area contributed by atoms with Gasteiger partial charge in [0, 0.05) is 11.8 Å². The van der Waals surface area contributed by atoms with E-state index in [2.05, 4.69) is 11.9 Å². The van der Waals surface area contributed by atoms with E-state index in [9.17, 15) is 9.90 Å². The molecule has 0 aliphatic heterocycles. The number of carboxylic acid groups (broad SMARTS) is 1. The number of ether oxygens (including phenoxy) is 1. The smallest absolute Gasteiger partial charge is 0.331 e. The number of unbranched alkanes of at least 4 members (excludes halogenated alkanes) is 1. The van der Waals surface area contributed by atoms with E-state index in [1.165, 1.54) is 0 Å². The number of hydrogen-bond donors (Lipinski definition) is 1. The van der Waals surface area contributed by atoms with Crippen LogP contribution in [-0.4, -0.2) is 24.4 Å². The molecule has 4 heteroatoms. The van der Waals surface area contributed by atoms with Crippen molar-refractivity contribution in [2.75, 3.05) is 7.11 Å². The number of benzene rings is 2. The number of nitrogens with zero attached hydrogens (tertiary/aromatic N) is 1. The van der Waals surface area contributed by atoms with Crippen molar-refractivity contribution in [2.45, 2.75) is 33.1 Å². The molecule has 2 aromatic rings. The molecule has 2 rings (SSSR count). The lowest BCUT2D eigenvalue weighted by molar-refractivity contribution is -0.132. The third kappa shape index (κ3) is 5.59. The lowest BCUT2D eigenvalue weighted by Gasteiger charge is -2.05. The zero-order chi connectivity index (χ0) is 18.9. The molecule has 0 aliphatic rings. The molecule has 0 atom stereocenters. The Balaban J connectivity index is 2.17.